The Hall–Kier alpha value is -1.85. The number of fused-ring (bicyclic) bond motifs is 2. The van der Waals surface area contributed by atoms with Crippen molar-refractivity contribution in [2.45, 2.75) is 13.0 Å². The Bertz CT molecular complexity index is 726. The lowest BCUT2D eigenvalue weighted by Crippen LogP contribution is -2.43. The number of likely N-dealkylation sites (tertiary alicyclic amines) is 1. The second kappa shape index (κ2) is 5.65. The van der Waals surface area contributed by atoms with Crippen LogP contribution in [0.5, 0.6) is 0 Å². The molecule has 2 aliphatic heterocycles. The predicted octanol–water partition coefficient (Wildman–Crippen LogP) is 1.50. The molecule has 1 amide bonds. The summed E-state index contributed by atoms with van der Waals surface area (Å²) in [6, 6.07) is 10.1. The van der Waals surface area contributed by atoms with Crippen molar-refractivity contribution in [1.29, 1.82) is 0 Å². The third-order valence-corrected chi connectivity index (χ3v) is 5.47. The summed E-state index contributed by atoms with van der Waals surface area (Å²) in [6.45, 7) is 3.08. The van der Waals surface area contributed by atoms with Crippen molar-refractivity contribution in [1.82, 2.24) is 9.47 Å². The van der Waals surface area contributed by atoms with Crippen molar-refractivity contribution in [3.05, 3.63) is 36.5 Å². The fraction of sp³-hybridized carbons (Fsp3) is 0.500. The van der Waals surface area contributed by atoms with Gasteiger partial charge in [0.1, 0.15) is 6.54 Å². The first-order valence-electron chi connectivity index (χ1n) is 8.22. The molecule has 1 aromatic carbocycles. The molecular formula is C18H22N2O3. The molecule has 3 heterocycles. The number of aliphatic hydroxyl groups excluding tert-OH is 1. The van der Waals surface area contributed by atoms with Gasteiger partial charge in [0.15, 0.2) is 0 Å². The predicted molar refractivity (Wildman–Crippen MR) is 87.0 cm³/mol. The molecule has 4 rings (SSSR count). The smallest absolute Gasteiger partial charge is 0.242 e. The molecule has 0 radical (unpaired) electrons. The van der Waals surface area contributed by atoms with E-state index in [-0.39, 0.29) is 17.9 Å². The highest BCUT2D eigenvalue weighted by atomic mass is 16.5. The summed E-state index contributed by atoms with van der Waals surface area (Å²) in [5, 5.41) is 11.0. The Morgan fingerprint density at radius 1 is 1.35 bits per heavy atom. The summed E-state index contributed by atoms with van der Waals surface area (Å²) < 4.78 is 7.57. The van der Waals surface area contributed by atoms with Crippen LogP contribution in [0.4, 0.5) is 0 Å². The van der Waals surface area contributed by atoms with Crippen molar-refractivity contribution in [3.8, 4) is 0 Å². The van der Waals surface area contributed by atoms with E-state index in [1.54, 1.807) is 0 Å². The molecule has 1 N–H and O–H groups in total. The molecule has 2 aliphatic rings. The number of nitrogens with zero attached hydrogens (tertiary/aromatic N) is 2. The summed E-state index contributed by atoms with van der Waals surface area (Å²) in [7, 11) is 0. The number of para-hydroxylation sites is 1. The number of rotatable bonds is 3. The minimum Gasteiger partial charge on any atom is -0.396 e. The summed E-state index contributed by atoms with van der Waals surface area (Å²) in [4.78, 5) is 14.6. The summed E-state index contributed by atoms with van der Waals surface area (Å²) in [5.74, 6) is 0.472. The Balaban J connectivity index is 1.52. The van der Waals surface area contributed by atoms with Crippen molar-refractivity contribution in [2.24, 2.45) is 11.3 Å². The van der Waals surface area contributed by atoms with E-state index in [1.165, 1.54) is 0 Å². The number of hydrogen-bond acceptors (Lipinski definition) is 3. The normalized spacial score (nSPS) is 27.3. The zero-order valence-electron chi connectivity index (χ0n) is 13.1. The van der Waals surface area contributed by atoms with Crippen LogP contribution in [0.1, 0.15) is 6.42 Å². The highest BCUT2D eigenvalue weighted by Gasteiger charge is 2.49. The number of aliphatic hydroxyl groups is 1. The van der Waals surface area contributed by atoms with E-state index < -0.39 is 0 Å². The lowest BCUT2D eigenvalue weighted by molar-refractivity contribution is -0.131. The van der Waals surface area contributed by atoms with Crippen LogP contribution >= 0.6 is 0 Å². The van der Waals surface area contributed by atoms with Gasteiger partial charge in [-0.1, -0.05) is 18.2 Å². The third-order valence-electron chi connectivity index (χ3n) is 5.47. The van der Waals surface area contributed by atoms with E-state index in [1.807, 2.05) is 39.9 Å². The van der Waals surface area contributed by atoms with Crippen molar-refractivity contribution in [3.63, 3.8) is 0 Å². The molecule has 122 valence electrons. The van der Waals surface area contributed by atoms with Crippen LogP contribution in [0, 0.1) is 11.3 Å². The molecule has 5 heteroatoms. The van der Waals surface area contributed by atoms with Crippen LogP contribution in [0.2, 0.25) is 0 Å². The lowest BCUT2D eigenvalue weighted by Gasteiger charge is -2.36. The van der Waals surface area contributed by atoms with Gasteiger partial charge in [0, 0.05) is 36.8 Å². The number of ether oxygens (including phenoxy) is 1. The van der Waals surface area contributed by atoms with E-state index >= 15 is 0 Å². The molecule has 2 fully saturated rings. The zero-order valence-corrected chi connectivity index (χ0v) is 13.1. The van der Waals surface area contributed by atoms with E-state index in [9.17, 15) is 9.90 Å². The molecule has 2 saturated heterocycles. The topological polar surface area (TPSA) is 54.7 Å². The maximum atomic E-state index is 12.7. The largest absolute Gasteiger partial charge is 0.396 e. The summed E-state index contributed by atoms with van der Waals surface area (Å²) in [5.41, 5.74) is 0.824. The highest BCUT2D eigenvalue weighted by molar-refractivity contribution is 5.83. The first-order valence-corrected chi connectivity index (χ1v) is 8.22. The SMILES string of the molecule is O=C(Cn1ccc2ccccc21)N1C[C@@H]2CCOC[C@]2(CO)C1. The van der Waals surface area contributed by atoms with Crippen LogP contribution < -0.4 is 0 Å². The fourth-order valence-electron chi connectivity index (χ4n) is 4.03. The van der Waals surface area contributed by atoms with Crippen LogP contribution in [0.3, 0.4) is 0 Å². The molecule has 0 aliphatic carbocycles. The Morgan fingerprint density at radius 2 is 2.22 bits per heavy atom. The molecular weight excluding hydrogens is 292 g/mol. The molecule has 2 aromatic rings. The Labute approximate surface area is 135 Å². The first kappa shape index (κ1) is 14.7. The molecule has 23 heavy (non-hydrogen) atoms. The second-order valence-electron chi connectivity index (χ2n) is 6.84. The average Bonchev–Trinajstić information content (AvgIpc) is 3.17. The Morgan fingerprint density at radius 3 is 3.04 bits per heavy atom. The molecule has 0 bridgehead atoms. The van der Waals surface area contributed by atoms with Crippen molar-refractivity contribution < 1.29 is 14.6 Å². The molecule has 2 atom stereocenters. The average molecular weight is 314 g/mol. The number of hydrogen-bond donors (Lipinski definition) is 1. The van der Waals surface area contributed by atoms with Gasteiger partial charge in [-0.15, -0.1) is 0 Å². The quantitative estimate of drug-likeness (QED) is 0.934. The first-order chi connectivity index (χ1) is 11.2. The minimum atomic E-state index is -0.257. The van der Waals surface area contributed by atoms with Gasteiger partial charge in [-0.3, -0.25) is 4.79 Å². The molecule has 0 spiro atoms. The van der Waals surface area contributed by atoms with Gasteiger partial charge in [-0.2, -0.15) is 0 Å². The zero-order chi connectivity index (χ0) is 15.9. The second-order valence-corrected chi connectivity index (χ2v) is 6.84. The summed E-state index contributed by atoms with van der Waals surface area (Å²) in [6.07, 6.45) is 2.90. The van der Waals surface area contributed by atoms with Crippen molar-refractivity contribution >= 4 is 16.8 Å². The van der Waals surface area contributed by atoms with Gasteiger partial charge in [-0.05, 0) is 29.9 Å². The van der Waals surface area contributed by atoms with E-state index in [0.29, 0.717) is 25.6 Å². The maximum absolute atomic E-state index is 12.7. The van der Waals surface area contributed by atoms with Gasteiger partial charge < -0.3 is 19.3 Å². The Kier molecular flexibility index (Phi) is 3.62. The molecule has 1 aromatic heterocycles. The maximum Gasteiger partial charge on any atom is 0.242 e. The van der Waals surface area contributed by atoms with Gasteiger partial charge in [0.2, 0.25) is 5.91 Å². The standard InChI is InChI=1S/C18H22N2O3/c21-12-18-11-20(9-15(18)6-8-23-13-18)17(22)10-19-7-5-14-3-1-2-4-16(14)19/h1-5,7,15,21H,6,8-13H2/t15-,18+/m0/s1. The molecule has 0 saturated carbocycles. The van der Waals surface area contributed by atoms with E-state index in [4.69, 9.17) is 4.74 Å². The van der Waals surface area contributed by atoms with Crippen LogP contribution in [0.25, 0.3) is 10.9 Å². The van der Waals surface area contributed by atoms with Gasteiger partial charge in [-0.25, -0.2) is 0 Å². The molecule has 5 nitrogen and oxygen atoms in total. The number of carbonyl (C=O) groups excluding carboxylic acids is 1. The van der Waals surface area contributed by atoms with Gasteiger partial charge in [0.25, 0.3) is 0 Å². The van der Waals surface area contributed by atoms with Crippen LogP contribution in [0.15, 0.2) is 36.5 Å². The van der Waals surface area contributed by atoms with E-state index in [0.717, 1.165) is 30.5 Å². The van der Waals surface area contributed by atoms with Crippen molar-refractivity contribution in [2.75, 3.05) is 32.9 Å². The van der Waals surface area contributed by atoms with Crippen LogP contribution in [-0.4, -0.2) is 53.4 Å². The monoisotopic (exact) mass is 314 g/mol. The fourth-order valence-corrected chi connectivity index (χ4v) is 4.03. The van der Waals surface area contributed by atoms with Gasteiger partial charge in [0.05, 0.1) is 13.2 Å². The van der Waals surface area contributed by atoms with Gasteiger partial charge >= 0.3 is 0 Å². The summed E-state index contributed by atoms with van der Waals surface area (Å²) >= 11 is 0. The van der Waals surface area contributed by atoms with Crippen LogP contribution in [-0.2, 0) is 16.1 Å². The highest BCUT2D eigenvalue weighted by Crippen LogP contribution is 2.41. The minimum absolute atomic E-state index is 0.0912. The number of amides is 1. The molecule has 0 unspecified atom stereocenters. The number of carbonyl (C=O) groups is 1. The lowest BCUT2D eigenvalue weighted by atomic mass is 9.76. The van der Waals surface area contributed by atoms with E-state index in [2.05, 4.69) is 6.07 Å². The number of benzene rings is 1. The number of aromatic nitrogens is 1. The third kappa shape index (κ3) is 2.44.